The highest BCUT2D eigenvalue weighted by molar-refractivity contribution is 5.98. The Labute approximate surface area is 65.2 Å². The van der Waals surface area contributed by atoms with Crippen LogP contribution < -0.4 is 0 Å². The summed E-state index contributed by atoms with van der Waals surface area (Å²) in [6.45, 7) is 0.656. The van der Waals surface area contributed by atoms with Crippen molar-refractivity contribution in [1.29, 1.82) is 0 Å². The number of hydrogen-bond acceptors (Lipinski definition) is 4. The summed E-state index contributed by atoms with van der Waals surface area (Å²) in [5, 5.41) is 0. The van der Waals surface area contributed by atoms with Gasteiger partial charge in [0.1, 0.15) is 5.92 Å². The Morgan fingerprint density at radius 3 is 2.91 bits per heavy atom. The fourth-order valence-electron chi connectivity index (χ4n) is 1.11. The van der Waals surface area contributed by atoms with Gasteiger partial charge in [-0.05, 0) is 6.42 Å². The Balaban J connectivity index is 2.59. The molecule has 0 saturated carbocycles. The van der Waals surface area contributed by atoms with E-state index in [-0.39, 0.29) is 11.9 Å². The molecule has 1 aliphatic heterocycles. The lowest BCUT2D eigenvalue weighted by atomic mass is 10.1. The van der Waals surface area contributed by atoms with Crippen molar-refractivity contribution in [2.75, 3.05) is 20.8 Å². The van der Waals surface area contributed by atoms with Gasteiger partial charge in [-0.1, -0.05) is 0 Å². The van der Waals surface area contributed by atoms with Crippen molar-refractivity contribution in [3.8, 4) is 0 Å². The molecule has 0 aromatic rings. The monoisotopic (exact) mass is 157 g/mol. The number of nitrogens with zero attached hydrogens (tertiary/aromatic N) is 1. The van der Waals surface area contributed by atoms with Gasteiger partial charge in [0.15, 0.2) is 5.90 Å². The average molecular weight is 157 g/mol. The van der Waals surface area contributed by atoms with E-state index in [0.29, 0.717) is 18.9 Å². The number of rotatable bonds is 1. The summed E-state index contributed by atoms with van der Waals surface area (Å²) in [6, 6.07) is 0. The molecule has 1 heterocycles. The zero-order valence-corrected chi connectivity index (χ0v) is 6.66. The molecule has 11 heavy (non-hydrogen) atoms. The summed E-state index contributed by atoms with van der Waals surface area (Å²) < 4.78 is 9.46. The average Bonchev–Trinajstić information content (AvgIpc) is 2.50. The van der Waals surface area contributed by atoms with Gasteiger partial charge in [0.2, 0.25) is 0 Å². The first kappa shape index (κ1) is 8.04. The normalized spacial score (nSPS) is 22.7. The molecule has 1 unspecified atom stereocenters. The molecule has 0 spiro atoms. The van der Waals surface area contributed by atoms with E-state index in [1.54, 1.807) is 0 Å². The molecule has 0 saturated heterocycles. The van der Waals surface area contributed by atoms with Crippen LogP contribution >= 0.6 is 0 Å². The van der Waals surface area contributed by atoms with E-state index >= 15 is 0 Å². The smallest absolute Gasteiger partial charge is 0.318 e. The number of carbonyl (C=O) groups is 1. The molecule has 1 rings (SSSR count). The first-order valence-corrected chi connectivity index (χ1v) is 3.45. The zero-order valence-electron chi connectivity index (χ0n) is 6.66. The van der Waals surface area contributed by atoms with Crippen molar-refractivity contribution in [1.82, 2.24) is 0 Å². The second-order valence-electron chi connectivity index (χ2n) is 2.29. The lowest BCUT2D eigenvalue weighted by molar-refractivity contribution is -0.143. The number of esters is 1. The molecule has 4 nitrogen and oxygen atoms in total. The molecular weight excluding hydrogens is 146 g/mol. The van der Waals surface area contributed by atoms with Crippen LogP contribution in [0.15, 0.2) is 4.99 Å². The van der Waals surface area contributed by atoms with Gasteiger partial charge in [-0.25, -0.2) is 0 Å². The van der Waals surface area contributed by atoms with Crippen LogP contribution in [0.5, 0.6) is 0 Å². The van der Waals surface area contributed by atoms with Crippen molar-refractivity contribution in [3.05, 3.63) is 0 Å². The quantitative estimate of drug-likeness (QED) is 0.512. The molecule has 0 amide bonds. The van der Waals surface area contributed by atoms with Gasteiger partial charge in [0, 0.05) is 6.54 Å². The number of aliphatic imine (C=N–C) groups is 1. The maximum absolute atomic E-state index is 11.0. The SMILES string of the molecule is COC(=O)C1CCN=C1OC. The van der Waals surface area contributed by atoms with E-state index in [0.717, 1.165) is 0 Å². The van der Waals surface area contributed by atoms with Crippen molar-refractivity contribution in [2.45, 2.75) is 6.42 Å². The highest BCUT2D eigenvalue weighted by atomic mass is 16.5. The second kappa shape index (κ2) is 3.37. The maximum Gasteiger partial charge on any atom is 0.318 e. The van der Waals surface area contributed by atoms with Crippen molar-refractivity contribution in [3.63, 3.8) is 0 Å². The number of ether oxygens (including phenoxy) is 2. The topological polar surface area (TPSA) is 47.9 Å². The molecule has 1 atom stereocenters. The van der Waals surface area contributed by atoms with E-state index in [1.807, 2.05) is 0 Å². The summed E-state index contributed by atoms with van der Waals surface area (Å²) >= 11 is 0. The summed E-state index contributed by atoms with van der Waals surface area (Å²) in [4.78, 5) is 15.0. The number of carbonyl (C=O) groups excluding carboxylic acids is 1. The summed E-state index contributed by atoms with van der Waals surface area (Å²) in [5.74, 6) is -0.0371. The third-order valence-corrected chi connectivity index (χ3v) is 1.68. The molecule has 0 aliphatic carbocycles. The molecule has 4 heteroatoms. The van der Waals surface area contributed by atoms with Gasteiger partial charge in [-0.2, -0.15) is 0 Å². The Hall–Kier alpha value is -1.06. The Morgan fingerprint density at radius 1 is 1.64 bits per heavy atom. The van der Waals surface area contributed by atoms with Crippen LogP contribution in [-0.2, 0) is 14.3 Å². The fourth-order valence-corrected chi connectivity index (χ4v) is 1.11. The largest absolute Gasteiger partial charge is 0.484 e. The van der Waals surface area contributed by atoms with Crippen LogP contribution in [-0.4, -0.2) is 32.6 Å². The molecule has 0 fully saturated rings. The predicted octanol–water partition coefficient (Wildman–Crippen LogP) is 0.224. The molecule has 62 valence electrons. The van der Waals surface area contributed by atoms with Gasteiger partial charge in [0.25, 0.3) is 0 Å². The third-order valence-electron chi connectivity index (χ3n) is 1.68. The van der Waals surface area contributed by atoms with Crippen LogP contribution in [0.4, 0.5) is 0 Å². The van der Waals surface area contributed by atoms with Crippen molar-refractivity contribution in [2.24, 2.45) is 10.9 Å². The lowest BCUT2D eigenvalue weighted by Gasteiger charge is -2.07. The van der Waals surface area contributed by atoms with Gasteiger partial charge >= 0.3 is 5.97 Å². The Kier molecular flexibility index (Phi) is 2.46. The van der Waals surface area contributed by atoms with Crippen LogP contribution in [0.1, 0.15) is 6.42 Å². The highest BCUT2D eigenvalue weighted by Crippen LogP contribution is 2.15. The van der Waals surface area contributed by atoms with Crippen LogP contribution in [0.2, 0.25) is 0 Å². The van der Waals surface area contributed by atoms with E-state index in [4.69, 9.17) is 4.74 Å². The van der Waals surface area contributed by atoms with Crippen LogP contribution in [0, 0.1) is 5.92 Å². The fraction of sp³-hybridized carbons (Fsp3) is 0.714. The second-order valence-corrected chi connectivity index (χ2v) is 2.29. The Morgan fingerprint density at radius 2 is 2.36 bits per heavy atom. The molecular formula is C7H11NO3. The van der Waals surface area contributed by atoms with Gasteiger partial charge in [-0.15, -0.1) is 0 Å². The molecule has 0 bridgehead atoms. The maximum atomic E-state index is 11.0. The first-order valence-electron chi connectivity index (χ1n) is 3.45. The van der Waals surface area contributed by atoms with E-state index in [1.165, 1.54) is 14.2 Å². The van der Waals surface area contributed by atoms with E-state index in [9.17, 15) is 4.79 Å². The van der Waals surface area contributed by atoms with Gasteiger partial charge < -0.3 is 9.47 Å². The highest BCUT2D eigenvalue weighted by Gasteiger charge is 2.29. The van der Waals surface area contributed by atoms with Gasteiger partial charge in [0.05, 0.1) is 14.2 Å². The minimum Gasteiger partial charge on any atom is -0.484 e. The summed E-state index contributed by atoms with van der Waals surface area (Å²) in [5.41, 5.74) is 0. The van der Waals surface area contributed by atoms with Crippen molar-refractivity contribution < 1.29 is 14.3 Å². The summed E-state index contributed by atoms with van der Waals surface area (Å²) in [6.07, 6.45) is 0.704. The van der Waals surface area contributed by atoms with Crippen molar-refractivity contribution >= 4 is 11.9 Å². The lowest BCUT2D eigenvalue weighted by Crippen LogP contribution is -2.23. The molecule has 0 aromatic heterocycles. The van der Waals surface area contributed by atoms with Crippen LogP contribution in [0.25, 0.3) is 0 Å². The minimum atomic E-state index is -0.273. The third kappa shape index (κ3) is 1.50. The molecule has 0 N–H and O–H groups in total. The first-order chi connectivity index (χ1) is 5.29. The van der Waals surface area contributed by atoms with Crippen LogP contribution in [0.3, 0.4) is 0 Å². The summed E-state index contributed by atoms with van der Waals surface area (Å²) in [7, 11) is 2.88. The van der Waals surface area contributed by atoms with E-state index in [2.05, 4.69) is 9.73 Å². The molecule has 0 radical (unpaired) electrons. The molecule has 1 aliphatic rings. The van der Waals surface area contributed by atoms with Gasteiger partial charge in [-0.3, -0.25) is 9.79 Å². The number of methoxy groups -OCH3 is 2. The Bertz CT molecular complexity index is 188. The molecule has 0 aromatic carbocycles. The zero-order chi connectivity index (χ0) is 8.27. The van der Waals surface area contributed by atoms with E-state index < -0.39 is 0 Å². The minimum absolute atomic E-state index is 0.261. The predicted molar refractivity (Wildman–Crippen MR) is 39.4 cm³/mol. The standard InChI is InChI=1S/C7H11NO3/c1-10-6-5(3-4-8-6)7(9)11-2/h5H,3-4H2,1-2H3. The number of hydrogen-bond donors (Lipinski definition) is 0.